The number of hydrogen-bond acceptors (Lipinski definition) is 2. The van der Waals surface area contributed by atoms with E-state index < -0.39 is 17.7 Å². The molecule has 0 fully saturated rings. The van der Waals surface area contributed by atoms with Crippen molar-refractivity contribution < 1.29 is 13.6 Å². The van der Waals surface area contributed by atoms with Crippen LogP contribution >= 0.6 is 0 Å². The van der Waals surface area contributed by atoms with Crippen LogP contribution in [0, 0.1) is 30.0 Å². The molecule has 0 heterocycles. The van der Waals surface area contributed by atoms with Gasteiger partial charge >= 0.3 is 6.03 Å². The number of hydrogen-bond donors (Lipinski definition) is 2. The zero-order valence-corrected chi connectivity index (χ0v) is 17.8. The monoisotopic (exact) mass is 414 g/mol. The van der Waals surface area contributed by atoms with Gasteiger partial charge in [-0.15, -0.1) is 0 Å². The van der Waals surface area contributed by atoms with Gasteiger partial charge in [-0.1, -0.05) is 27.7 Å². The number of benzene rings is 2. The average molecular weight is 415 g/mol. The molecule has 2 aromatic rings. The fourth-order valence-electron chi connectivity index (χ4n) is 3.17. The Kier molecular flexibility index (Phi) is 8.16. The minimum atomic E-state index is -0.853. The van der Waals surface area contributed by atoms with Crippen LogP contribution in [-0.4, -0.2) is 19.1 Å². The summed E-state index contributed by atoms with van der Waals surface area (Å²) in [6.45, 7) is 17.4. The number of nitrogens with zero attached hydrogens (tertiary/aromatic N) is 2. The van der Waals surface area contributed by atoms with Crippen molar-refractivity contribution in [3.8, 4) is 0 Å². The second-order valence-electron chi connectivity index (χ2n) is 8.06. The maximum absolute atomic E-state index is 13.9. The number of amides is 2. The molecule has 2 amide bonds. The van der Waals surface area contributed by atoms with E-state index in [1.165, 1.54) is 6.07 Å². The minimum absolute atomic E-state index is 0.117. The second-order valence-corrected chi connectivity index (χ2v) is 8.06. The standard InChI is InChI=1S/C23H28F2N4O/c1-15(2)13-29(14-16(3)4)22-9-6-17(12-26-5)10-21(22)28-23(30)27-20-8-7-18(24)11-19(20)25/h6-11,15-16H,12-14H2,1-4H3,(H2,27,28,30). The number of nitrogens with one attached hydrogen (secondary N) is 2. The lowest BCUT2D eigenvalue weighted by Crippen LogP contribution is -2.32. The molecule has 7 heteroatoms. The van der Waals surface area contributed by atoms with Crippen LogP contribution in [0.15, 0.2) is 36.4 Å². The lowest BCUT2D eigenvalue weighted by Gasteiger charge is -2.30. The van der Waals surface area contributed by atoms with E-state index in [4.69, 9.17) is 6.57 Å². The SMILES string of the molecule is [C-]#[N+]Cc1ccc(N(CC(C)C)CC(C)C)c(NC(=O)Nc2ccc(F)cc2F)c1. The summed E-state index contributed by atoms with van der Waals surface area (Å²) in [5.74, 6) is -0.762. The maximum Gasteiger partial charge on any atom is 0.323 e. The largest absolute Gasteiger partial charge is 0.369 e. The van der Waals surface area contributed by atoms with Gasteiger partial charge in [0.05, 0.1) is 17.1 Å². The van der Waals surface area contributed by atoms with Gasteiger partial charge in [-0.3, -0.25) is 0 Å². The van der Waals surface area contributed by atoms with Crippen LogP contribution in [0.25, 0.3) is 4.85 Å². The minimum Gasteiger partial charge on any atom is -0.369 e. The van der Waals surface area contributed by atoms with Crippen molar-refractivity contribution in [1.82, 2.24) is 0 Å². The average Bonchev–Trinajstić information content (AvgIpc) is 2.63. The number of halogens is 2. The summed E-state index contributed by atoms with van der Waals surface area (Å²) in [7, 11) is 0. The highest BCUT2D eigenvalue weighted by molar-refractivity contribution is 6.02. The van der Waals surface area contributed by atoms with Crippen molar-refractivity contribution >= 4 is 23.1 Å². The zero-order valence-electron chi connectivity index (χ0n) is 17.8. The summed E-state index contributed by atoms with van der Waals surface area (Å²) < 4.78 is 27.0. The van der Waals surface area contributed by atoms with E-state index in [9.17, 15) is 13.6 Å². The molecule has 2 N–H and O–H groups in total. The molecule has 0 saturated heterocycles. The zero-order chi connectivity index (χ0) is 22.3. The summed E-state index contributed by atoms with van der Waals surface area (Å²) >= 11 is 0. The Labute approximate surface area is 176 Å². The van der Waals surface area contributed by atoms with Gasteiger partial charge in [0.15, 0.2) is 0 Å². The van der Waals surface area contributed by atoms with Crippen LogP contribution in [0.1, 0.15) is 33.3 Å². The highest BCUT2D eigenvalue weighted by Crippen LogP contribution is 2.30. The van der Waals surface area contributed by atoms with Crippen LogP contribution in [0.2, 0.25) is 0 Å². The van der Waals surface area contributed by atoms with Crippen molar-refractivity contribution in [2.75, 3.05) is 28.6 Å². The van der Waals surface area contributed by atoms with E-state index in [2.05, 4.69) is 48.1 Å². The highest BCUT2D eigenvalue weighted by atomic mass is 19.1. The van der Waals surface area contributed by atoms with E-state index in [1.807, 2.05) is 12.1 Å². The van der Waals surface area contributed by atoms with Gasteiger partial charge in [0, 0.05) is 24.7 Å². The van der Waals surface area contributed by atoms with Crippen molar-refractivity contribution in [2.24, 2.45) is 11.8 Å². The first-order chi connectivity index (χ1) is 14.2. The molecule has 0 bridgehead atoms. The number of rotatable bonds is 8. The fourth-order valence-corrected chi connectivity index (χ4v) is 3.17. The highest BCUT2D eigenvalue weighted by Gasteiger charge is 2.18. The van der Waals surface area contributed by atoms with E-state index in [1.54, 1.807) is 6.07 Å². The molecule has 0 radical (unpaired) electrons. The summed E-state index contributed by atoms with van der Waals surface area (Å²) in [5.41, 5.74) is 2.03. The van der Waals surface area contributed by atoms with Gasteiger partial charge in [0.2, 0.25) is 6.54 Å². The summed E-state index contributed by atoms with van der Waals surface area (Å²) in [4.78, 5) is 18.2. The molecule has 0 atom stereocenters. The van der Waals surface area contributed by atoms with Crippen LogP contribution in [0.5, 0.6) is 0 Å². The summed E-state index contributed by atoms with van der Waals surface area (Å²) in [6, 6.07) is 7.86. The second kappa shape index (κ2) is 10.6. The molecular weight excluding hydrogens is 386 g/mol. The van der Waals surface area contributed by atoms with Gasteiger partial charge in [-0.2, -0.15) is 0 Å². The molecule has 2 rings (SSSR count). The van der Waals surface area contributed by atoms with Crippen molar-refractivity contribution in [3.05, 3.63) is 65.0 Å². The van der Waals surface area contributed by atoms with E-state index in [0.717, 1.165) is 30.4 Å². The maximum atomic E-state index is 13.9. The smallest absolute Gasteiger partial charge is 0.323 e. The molecule has 160 valence electrons. The molecule has 0 aliphatic carbocycles. The molecule has 5 nitrogen and oxygen atoms in total. The molecule has 2 aromatic carbocycles. The Bertz CT molecular complexity index is 912. The first-order valence-electron chi connectivity index (χ1n) is 9.93. The van der Waals surface area contributed by atoms with Crippen LogP contribution in [0.4, 0.5) is 30.6 Å². The van der Waals surface area contributed by atoms with Crippen molar-refractivity contribution in [2.45, 2.75) is 34.2 Å². The lowest BCUT2D eigenvalue weighted by molar-refractivity contribution is 0.262. The Morgan fingerprint density at radius 1 is 1.00 bits per heavy atom. The molecule has 0 aromatic heterocycles. The van der Waals surface area contributed by atoms with Crippen molar-refractivity contribution in [1.29, 1.82) is 0 Å². The number of carbonyl (C=O) groups excluding carboxylic acids is 1. The summed E-state index contributed by atoms with van der Waals surface area (Å²) in [6.07, 6.45) is 0. The third-order valence-corrected chi connectivity index (χ3v) is 4.26. The van der Waals surface area contributed by atoms with Gasteiger partial charge in [-0.05, 0) is 42.2 Å². The Hall–Kier alpha value is -3.14. The first kappa shape index (κ1) is 23.1. The van der Waals surface area contributed by atoms with Crippen LogP contribution in [-0.2, 0) is 6.54 Å². The Morgan fingerprint density at radius 3 is 2.20 bits per heavy atom. The molecule has 0 spiro atoms. The van der Waals surface area contributed by atoms with Gasteiger partial charge in [-0.25, -0.2) is 20.1 Å². The van der Waals surface area contributed by atoms with E-state index in [0.29, 0.717) is 23.6 Å². The first-order valence-corrected chi connectivity index (χ1v) is 9.93. The number of urea groups is 1. The molecule has 0 unspecified atom stereocenters. The van der Waals surface area contributed by atoms with Crippen molar-refractivity contribution in [3.63, 3.8) is 0 Å². The van der Waals surface area contributed by atoms with Crippen LogP contribution in [0.3, 0.4) is 0 Å². The lowest BCUT2D eigenvalue weighted by atomic mass is 10.1. The fraction of sp³-hybridized carbons (Fsp3) is 0.391. The number of anilines is 3. The van der Waals surface area contributed by atoms with Crippen LogP contribution < -0.4 is 15.5 Å². The van der Waals surface area contributed by atoms with Gasteiger partial charge in [0.1, 0.15) is 11.6 Å². The topological polar surface area (TPSA) is 48.7 Å². The normalized spacial score (nSPS) is 10.8. The third-order valence-electron chi connectivity index (χ3n) is 4.26. The van der Waals surface area contributed by atoms with E-state index >= 15 is 0 Å². The predicted octanol–water partition coefficient (Wildman–Crippen LogP) is 6.15. The molecule has 0 aliphatic heterocycles. The number of carbonyl (C=O) groups is 1. The van der Waals surface area contributed by atoms with Gasteiger partial charge in [0.25, 0.3) is 0 Å². The molecule has 0 saturated carbocycles. The summed E-state index contributed by atoms with van der Waals surface area (Å²) in [5, 5.41) is 5.19. The molecular formula is C23H28F2N4O. The predicted molar refractivity (Wildman–Crippen MR) is 118 cm³/mol. The van der Waals surface area contributed by atoms with E-state index in [-0.39, 0.29) is 12.2 Å². The molecule has 30 heavy (non-hydrogen) atoms. The molecule has 0 aliphatic rings. The third kappa shape index (κ3) is 6.73. The Morgan fingerprint density at radius 2 is 1.63 bits per heavy atom. The Balaban J connectivity index is 2.33. The van der Waals surface area contributed by atoms with Gasteiger partial charge < -0.3 is 20.4 Å². The quantitative estimate of drug-likeness (QED) is 0.509.